The van der Waals surface area contributed by atoms with Crippen LogP contribution in [0.4, 0.5) is 0 Å². The van der Waals surface area contributed by atoms with E-state index in [1.807, 2.05) is 0 Å². The molecular weight excluding hydrogens is 240 g/mol. The van der Waals surface area contributed by atoms with Gasteiger partial charge in [0.25, 0.3) is 0 Å². The molecule has 0 saturated heterocycles. The fourth-order valence-electron chi connectivity index (χ4n) is 2.50. The van der Waals surface area contributed by atoms with Crippen molar-refractivity contribution in [2.45, 2.75) is 12.2 Å². The van der Waals surface area contributed by atoms with E-state index in [0.717, 1.165) is 0 Å². The first-order chi connectivity index (χ1) is 8.52. The smallest absolute Gasteiger partial charge is 0.335 e. The molecule has 2 unspecified atom stereocenters. The van der Waals surface area contributed by atoms with Crippen LogP contribution in [0.15, 0.2) is 23.3 Å². The van der Waals surface area contributed by atoms with E-state index in [-0.39, 0.29) is 11.1 Å². The molecule has 3 aliphatic carbocycles. The Balaban J connectivity index is 2.56. The van der Waals surface area contributed by atoms with Crippen LogP contribution in [0.5, 0.6) is 0 Å². The number of rotatable bonds is 2. The van der Waals surface area contributed by atoms with Gasteiger partial charge in [0.15, 0.2) is 0 Å². The number of hydrogen-bond donors (Lipinski definition) is 2. The van der Waals surface area contributed by atoms with Crippen LogP contribution in [0.25, 0.3) is 0 Å². The van der Waals surface area contributed by atoms with Gasteiger partial charge in [-0.25, -0.2) is 9.59 Å². The second-order valence-corrected chi connectivity index (χ2v) is 4.23. The van der Waals surface area contributed by atoms with Crippen molar-refractivity contribution in [2.24, 2.45) is 11.8 Å². The summed E-state index contributed by atoms with van der Waals surface area (Å²) in [6.07, 6.45) is 0.951. The van der Waals surface area contributed by atoms with Gasteiger partial charge in [0.1, 0.15) is 0 Å². The van der Waals surface area contributed by atoms with Gasteiger partial charge in [0.05, 0.1) is 37.6 Å². The van der Waals surface area contributed by atoms with Gasteiger partial charge in [-0.3, -0.25) is 0 Å². The predicted octanol–water partition coefficient (Wildman–Crippen LogP) is -0.833. The minimum Gasteiger partial charge on any atom is -0.466 e. The highest BCUT2D eigenvalue weighted by atomic mass is 16.5. The first-order valence-electron chi connectivity index (χ1n) is 5.48. The number of ether oxygens (including phenoxy) is 2. The van der Waals surface area contributed by atoms with Gasteiger partial charge < -0.3 is 19.7 Å². The van der Waals surface area contributed by atoms with Crippen molar-refractivity contribution < 1.29 is 29.3 Å². The van der Waals surface area contributed by atoms with Crippen LogP contribution < -0.4 is 0 Å². The summed E-state index contributed by atoms with van der Waals surface area (Å²) in [7, 11) is 2.39. The van der Waals surface area contributed by atoms with Gasteiger partial charge in [-0.05, 0) is 0 Å². The molecule has 18 heavy (non-hydrogen) atoms. The Morgan fingerprint density at radius 2 is 1.28 bits per heavy atom. The molecule has 98 valence electrons. The lowest BCUT2D eigenvalue weighted by molar-refractivity contribution is -0.143. The number of fused-ring (bicyclic) bond motifs is 1. The molecule has 6 heteroatoms. The first-order valence-corrected chi connectivity index (χ1v) is 5.48. The molecule has 0 heterocycles. The molecule has 6 nitrogen and oxygen atoms in total. The van der Waals surface area contributed by atoms with E-state index in [4.69, 9.17) is 0 Å². The third-order valence-electron chi connectivity index (χ3n) is 3.38. The minimum atomic E-state index is -1.12. The zero-order valence-electron chi connectivity index (χ0n) is 9.99. The third-order valence-corrected chi connectivity index (χ3v) is 3.38. The molecule has 0 aliphatic heterocycles. The lowest BCUT2D eigenvalue weighted by Gasteiger charge is -2.40. The number of hydrogen-bond acceptors (Lipinski definition) is 6. The maximum Gasteiger partial charge on any atom is 0.335 e. The molecule has 4 atom stereocenters. The van der Waals surface area contributed by atoms with Crippen molar-refractivity contribution in [2.75, 3.05) is 14.2 Å². The predicted molar refractivity (Wildman–Crippen MR) is 59.2 cm³/mol. The number of aliphatic hydroxyl groups is 2. The Morgan fingerprint density at radius 1 is 0.944 bits per heavy atom. The van der Waals surface area contributed by atoms with Crippen molar-refractivity contribution in [3.63, 3.8) is 0 Å². The van der Waals surface area contributed by atoms with Crippen LogP contribution in [0.3, 0.4) is 0 Å². The van der Waals surface area contributed by atoms with Crippen LogP contribution in [-0.2, 0) is 19.1 Å². The maximum absolute atomic E-state index is 11.7. The summed E-state index contributed by atoms with van der Waals surface area (Å²) in [6.45, 7) is 0. The standard InChI is InChI=1S/C12H14O6/c1-17-11(15)7-5-3-4-6(10(14)9(5)13)8(7)12(16)18-2/h3-6,9-10,13-14H,1-2H3/t5-,6?,9-,10?/m1/s1. The zero-order valence-corrected chi connectivity index (χ0v) is 9.99. The van der Waals surface area contributed by atoms with E-state index in [2.05, 4.69) is 9.47 Å². The molecule has 0 amide bonds. The second-order valence-electron chi connectivity index (χ2n) is 4.23. The Kier molecular flexibility index (Phi) is 3.23. The summed E-state index contributed by atoms with van der Waals surface area (Å²) in [4.78, 5) is 23.5. The van der Waals surface area contributed by atoms with E-state index in [9.17, 15) is 19.8 Å². The van der Waals surface area contributed by atoms with E-state index in [1.54, 1.807) is 12.2 Å². The van der Waals surface area contributed by atoms with E-state index < -0.39 is 36.0 Å². The molecule has 0 spiro atoms. The lowest BCUT2D eigenvalue weighted by atomic mass is 9.68. The zero-order chi connectivity index (χ0) is 13.4. The first kappa shape index (κ1) is 12.8. The molecule has 0 radical (unpaired) electrons. The molecule has 0 fully saturated rings. The quantitative estimate of drug-likeness (QED) is 0.493. The van der Waals surface area contributed by atoms with Gasteiger partial charge in [-0.1, -0.05) is 12.2 Å². The van der Waals surface area contributed by atoms with Gasteiger partial charge in [0.2, 0.25) is 0 Å². The van der Waals surface area contributed by atoms with Crippen molar-refractivity contribution >= 4 is 11.9 Å². The van der Waals surface area contributed by atoms with Gasteiger partial charge in [0, 0.05) is 11.8 Å². The number of carbonyl (C=O) groups excluding carboxylic acids is 2. The summed E-state index contributed by atoms with van der Waals surface area (Å²) in [5, 5.41) is 19.7. The number of carbonyl (C=O) groups is 2. The number of methoxy groups -OCH3 is 2. The van der Waals surface area contributed by atoms with Gasteiger partial charge >= 0.3 is 11.9 Å². The van der Waals surface area contributed by atoms with Crippen molar-refractivity contribution in [1.82, 2.24) is 0 Å². The number of aliphatic hydroxyl groups excluding tert-OH is 2. The molecule has 0 aromatic heterocycles. The van der Waals surface area contributed by atoms with Crippen LogP contribution in [0.1, 0.15) is 0 Å². The fourth-order valence-corrected chi connectivity index (χ4v) is 2.50. The Bertz CT molecular complexity index is 409. The van der Waals surface area contributed by atoms with Crippen molar-refractivity contribution in [3.8, 4) is 0 Å². The highest BCUT2D eigenvalue weighted by Crippen LogP contribution is 2.42. The Morgan fingerprint density at radius 3 is 1.56 bits per heavy atom. The SMILES string of the molecule is COC(=O)C1=C(C(=O)OC)[C@H]2C=CC1C(O)[C@@H]2O. The molecular formula is C12H14O6. The van der Waals surface area contributed by atoms with Crippen LogP contribution in [-0.4, -0.2) is 48.6 Å². The normalized spacial score (nSPS) is 33.6. The van der Waals surface area contributed by atoms with Gasteiger partial charge in [-0.15, -0.1) is 0 Å². The molecule has 0 aromatic carbocycles. The average molecular weight is 254 g/mol. The largest absolute Gasteiger partial charge is 0.466 e. The summed E-state index contributed by atoms with van der Waals surface area (Å²) in [5.74, 6) is -2.88. The molecule has 0 aromatic rings. The lowest BCUT2D eigenvalue weighted by Crippen LogP contribution is -2.49. The van der Waals surface area contributed by atoms with Crippen LogP contribution in [0.2, 0.25) is 0 Å². The number of esters is 2. The Labute approximate surface area is 104 Å². The monoisotopic (exact) mass is 254 g/mol. The highest BCUT2D eigenvalue weighted by molar-refractivity contribution is 6.02. The minimum absolute atomic E-state index is 0.0645. The third kappa shape index (κ3) is 1.65. The molecule has 3 rings (SSSR count). The summed E-state index contributed by atoms with van der Waals surface area (Å²) in [5.41, 5.74) is 0.129. The molecule has 3 aliphatic rings. The van der Waals surface area contributed by atoms with E-state index in [0.29, 0.717) is 0 Å². The topological polar surface area (TPSA) is 93.1 Å². The highest BCUT2D eigenvalue weighted by Gasteiger charge is 2.49. The van der Waals surface area contributed by atoms with Crippen molar-refractivity contribution in [3.05, 3.63) is 23.3 Å². The summed E-state index contributed by atoms with van der Waals surface area (Å²) < 4.78 is 9.24. The molecule has 2 N–H and O–H groups in total. The average Bonchev–Trinajstić information content (AvgIpc) is 2.41. The van der Waals surface area contributed by atoms with Crippen LogP contribution in [0, 0.1) is 11.8 Å². The second kappa shape index (κ2) is 4.55. The van der Waals surface area contributed by atoms with Crippen LogP contribution >= 0.6 is 0 Å². The van der Waals surface area contributed by atoms with E-state index >= 15 is 0 Å². The maximum atomic E-state index is 11.7. The van der Waals surface area contributed by atoms with Crippen molar-refractivity contribution in [1.29, 1.82) is 0 Å². The summed E-state index contributed by atoms with van der Waals surface area (Å²) in [6, 6.07) is 0. The van der Waals surface area contributed by atoms with Gasteiger partial charge in [-0.2, -0.15) is 0 Å². The Hall–Kier alpha value is -1.66. The molecule has 0 saturated carbocycles. The molecule has 2 bridgehead atoms. The van der Waals surface area contributed by atoms with E-state index in [1.165, 1.54) is 14.2 Å². The summed E-state index contributed by atoms with van der Waals surface area (Å²) >= 11 is 0. The fraction of sp³-hybridized carbons (Fsp3) is 0.500.